The van der Waals surface area contributed by atoms with Gasteiger partial charge in [-0.3, -0.25) is 14.7 Å². The molecule has 1 aliphatic rings. The summed E-state index contributed by atoms with van der Waals surface area (Å²) in [5.74, 6) is 1.07. The molecule has 0 radical (unpaired) electrons. The number of carbonyl (C=O) groups is 1. The van der Waals surface area contributed by atoms with Gasteiger partial charge in [0.1, 0.15) is 0 Å². The molecule has 0 aliphatic carbocycles. The van der Waals surface area contributed by atoms with Gasteiger partial charge in [0.15, 0.2) is 5.76 Å². The highest BCUT2D eigenvalue weighted by Gasteiger charge is 2.25. The largest absolute Gasteiger partial charge is 0.360 e. The first-order valence-corrected chi connectivity index (χ1v) is 8.41. The second kappa shape index (κ2) is 7.57. The molecule has 0 aromatic carbocycles. The van der Waals surface area contributed by atoms with E-state index in [2.05, 4.69) is 15.0 Å². The summed E-state index contributed by atoms with van der Waals surface area (Å²) in [7, 11) is 1.92. The van der Waals surface area contributed by atoms with Crippen LogP contribution in [-0.2, 0) is 17.8 Å². The molecular weight excluding hydrogens is 304 g/mol. The highest BCUT2D eigenvalue weighted by molar-refractivity contribution is 5.78. The van der Waals surface area contributed by atoms with E-state index in [0.717, 1.165) is 49.5 Å². The van der Waals surface area contributed by atoms with Crippen LogP contribution in [0.3, 0.4) is 0 Å². The molecule has 1 saturated heterocycles. The number of carbonyl (C=O) groups excluding carboxylic acids is 1. The Kier molecular flexibility index (Phi) is 5.25. The van der Waals surface area contributed by atoms with Crippen molar-refractivity contribution in [1.82, 2.24) is 19.9 Å². The van der Waals surface area contributed by atoms with Gasteiger partial charge in [-0.1, -0.05) is 11.2 Å². The number of likely N-dealkylation sites (tertiary alicyclic amines) is 1. The summed E-state index contributed by atoms with van der Waals surface area (Å²) in [5.41, 5.74) is 1.88. The molecule has 128 valence electrons. The molecule has 1 aliphatic heterocycles. The molecule has 0 unspecified atom stereocenters. The molecule has 0 N–H and O–H groups in total. The summed E-state index contributed by atoms with van der Waals surface area (Å²) >= 11 is 0. The SMILES string of the molecule is Cc1cc(CN2CCC(N(C)C(=O)Cc3cccnc3)CC2)on1. The van der Waals surface area contributed by atoms with Crippen molar-refractivity contribution in [2.75, 3.05) is 20.1 Å². The van der Waals surface area contributed by atoms with Gasteiger partial charge >= 0.3 is 0 Å². The van der Waals surface area contributed by atoms with Crippen LogP contribution in [0.25, 0.3) is 0 Å². The Morgan fingerprint density at radius 2 is 2.21 bits per heavy atom. The Hall–Kier alpha value is -2.21. The third kappa shape index (κ3) is 4.20. The molecule has 6 heteroatoms. The zero-order valence-electron chi connectivity index (χ0n) is 14.3. The lowest BCUT2D eigenvalue weighted by Gasteiger charge is -2.36. The first-order chi connectivity index (χ1) is 11.6. The van der Waals surface area contributed by atoms with E-state index in [1.54, 1.807) is 12.4 Å². The minimum atomic E-state index is 0.160. The summed E-state index contributed by atoms with van der Waals surface area (Å²) < 4.78 is 5.28. The van der Waals surface area contributed by atoms with E-state index in [-0.39, 0.29) is 5.91 Å². The molecule has 0 bridgehead atoms. The van der Waals surface area contributed by atoms with Crippen molar-refractivity contribution in [3.05, 3.63) is 47.6 Å². The quantitative estimate of drug-likeness (QED) is 0.840. The van der Waals surface area contributed by atoms with Crippen LogP contribution in [0.1, 0.15) is 29.9 Å². The lowest BCUT2D eigenvalue weighted by molar-refractivity contribution is -0.132. The zero-order valence-corrected chi connectivity index (χ0v) is 14.3. The Bertz CT molecular complexity index is 663. The monoisotopic (exact) mass is 328 g/mol. The summed E-state index contributed by atoms with van der Waals surface area (Å²) in [6, 6.07) is 6.10. The smallest absolute Gasteiger partial charge is 0.227 e. The number of amides is 1. The van der Waals surface area contributed by atoms with Crippen LogP contribution in [0.15, 0.2) is 35.1 Å². The van der Waals surface area contributed by atoms with Gasteiger partial charge in [-0.05, 0) is 31.4 Å². The number of rotatable bonds is 5. The highest BCUT2D eigenvalue weighted by atomic mass is 16.5. The number of aromatic nitrogens is 2. The fourth-order valence-corrected chi connectivity index (χ4v) is 3.18. The van der Waals surface area contributed by atoms with E-state index in [1.807, 2.05) is 37.1 Å². The van der Waals surface area contributed by atoms with Gasteiger partial charge in [-0.15, -0.1) is 0 Å². The van der Waals surface area contributed by atoms with Gasteiger partial charge in [0, 0.05) is 44.6 Å². The number of likely N-dealkylation sites (N-methyl/N-ethyl adjacent to an activating group) is 1. The summed E-state index contributed by atoms with van der Waals surface area (Å²) in [6.45, 7) is 4.66. The minimum Gasteiger partial charge on any atom is -0.360 e. The van der Waals surface area contributed by atoms with Gasteiger partial charge in [-0.2, -0.15) is 0 Å². The van der Waals surface area contributed by atoms with Crippen molar-refractivity contribution in [3.63, 3.8) is 0 Å². The third-order valence-electron chi connectivity index (χ3n) is 4.63. The van der Waals surface area contributed by atoms with Crippen molar-refractivity contribution in [3.8, 4) is 0 Å². The molecule has 1 amide bonds. The van der Waals surface area contributed by atoms with Crippen molar-refractivity contribution in [2.45, 2.75) is 38.8 Å². The van der Waals surface area contributed by atoms with Crippen molar-refractivity contribution in [2.24, 2.45) is 0 Å². The van der Waals surface area contributed by atoms with Crippen LogP contribution in [0.5, 0.6) is 0 Å². The van der Waals surface area contributed by atoms with Crippen molar-refractivity contribution >= 4 is 5.91 Å². The van der Waals surface area contributed by atoms with Gasteiger partial charge in [0.25, 0.3) is 0 Å². The van der Waals surface area contributed by atoms with Crippen LogP contribution in [0.2, 0.25) is 0 Å². The molecule has 0 spiro atoms. The molecule has 2 aromatic rings. The van der Waals surface area contributed by atoms with Gasteiger partial charge in [0.2, 0.25) is 5.91 Å². The lowest BCUT2D eigenvalue weighted by Crippen LogP contribution is -2.45. The van der Waals surface area contributed by atoms with E-state index >= 15 is 0 Å². The summed E-state index contributed by atoms with van der Waals surface area (Å²) in [4.78, 5) is 20.8. The molecule has 3 heterocycles. The van der Waals surface area contributed by atoms with E-state index in [1.165, 1.54) is 0 Å². The van der Waals surface area contributed by atoms with E-state index in [4.69, 9.17) is 4.52 Å². The number of pyridine rings is 1. The number of aryl methyl sites for hydroxylation is 1. The zero-order chi connectivity index (χ0) is 16.9. The second-order valence-corrected chi connectivity index (χ2v) is 6.48. The van der Waals surface area contributed by atoms with Gasteiger partial charge in [0.05, 0.1) is 18.7 Å². The van der Waals surface area contributed by atoms with Crippen LogP contribution < -0.4 is 0 Å². The molecular formula is C18H24N4O2. The number of nitrogens with zero attached hydrogens (tertiary/aromatic N) is 4. The van der Waals surface area contributed by atoms with Gasteiger partial charge < -0.3 is 9.42 Å². The van der Waals surface area contributed by atoms with Crippen LogP contribution in [-0.4, -0.2) is 52.0 Å². The van der Waals surface area contributed by atoms with Crippen molar-refractivity contribution in [1.29, 1.82) is 0 Å². The average molecular weight is 328 g/mol. The maximum absolute atomic E-state index is 12.4. The topological polar surface area (TPSA) is 62.5 Å². The Balaban J connectivity index is 1.47. The molecule has 24 heavy (non-hydrogen) atoms. The first kappa shape index (κ1) is 16.6. The number of hydrogen-bond donors (Lipinski definition) is 0. The predicted octanol–water partition coefficient (Wildman–Crippen LogP) is 2.04. The van der Waals surface area contributed by atoms with Crippen LogP contribution in [0, 0.1) is 6.92 Å². The predicted molar refractivity (Wildman–Crippen MR) is 90.3 cm³/mol. The Labute approximate surface area is 142 Å². The number of hydrogen-bond acceptors (Lipinski definition) is 5. The van der Waals surface area contributed by atoms with Crippen molar-refractivity contribution < 1.29 is 9.32 Å². The molecule has 1 fully saturated rings. The lowest BCUT2D eigenvalue weighted by atomic mass is 10.0. The van der Waals surface area contributed by atoms with Crippen LogP contribution in [0.4, 0.5) is 0 Å². The molecule has 2 aromatic heterocycles. The second-order valence-electron chi connectivity index (χ2n) is 6.48. The molecule has 0 atom stereocenters. The van der Waals surface area contributed by atoms with Gasteiger partial charge in [-0.25, -0.2) is 0 Å². The number of piperidine rings is 1. The molecule has 3 rings (SSSR count). The summed E-state index contributed by atoms with van der Waals surface area (Å²) in [5, 5.41) is 3.93. The summed E-state index contributed by atoms with van der Waals surface area (Å²) in [6.07, 6.45) is 5.88. The van der Waals surface area contributed by atoms with E-state index in [9.17, 15) is 4.79 Å². The first-order valence-electron chi connectivity index (χ1n) is 8.41. The maximum atomic E-state index is 12.4. The average Bonchev–Trinajstić information content (AvgIpc) is 3.00. The standard InChI is InChI=1S/C18H24N4O2/c1-14-10-17(24-20-14)13-22-8-5-16(6-9-22)21(2)18(23)11-15-4-3-7-19-12-15/h3-4,7,10,12,16H,5-6,8-9,11,13H2,1-2H3. The molecule has 6 nitrogen and oxygen atoms in total. The van der Waals surface area contributed by atoms with E-state index < -0.39 is 0 Å². The van der Waals surface area contributed by atoms with Crippen LogP contribution >= 0.6 is 0 Å². The Morgan fingerprint density at radius 1 is 1.42 bits per heavy atom. The third-order valence-corrected chi connectivity index (χ3v) is 4.63. The van der Waals surface area contributed by atoms with E-state index in [0.29, 0.717) is 12.5 Å². The fourth-order valence-electron chi connectivity index (χ4n) is 3.18. The fraction of sp³-hybridized carbons (Fsp3) is 0.500. The minimum absolute atomic E-state index is 0.160. The maximum Gasteiger partial charge on any atom is 0.227 e. The normalized spacial score (nSPS) is 16.2. The Morgan fingerprint density at radius 3 is 2.83 bits per heavy atom. The highest BCUT2D eigenvalue weighted by Crippen LogP contribution is 2.18. The molecule has 0 saturated carbocycles.